The van der Waals surface area contributed by atoms with Gasteiger partial charge in [0.25, 0.3) is 5.91 Å². The zero-order valence-corrected chi connectivity index (χ0v) is 15.9. The first kappa shape index (κ1) is 19.9. The van der Waals surface area contributed by atoms with Crippen LogP contribution in [0, 0.1) is 0 Å². The maximum absolute atomic E-state index is 13.0. The van der Waals surface area contributed by atoms with Gasteiger partial charge in [-0.1, -0.05) is 24.3 Å². The van der Waals surface area contributed by atoms with Crippen LogP contribution in [0.15, 0.2) is 40.6 Å². The summed E-state index contributed by atoms with van der Waals surface area (Å²) in [6, 6.07) is 9.33. The fourth-order valence-corrected chi connectivity index (χ4v) is 5.48. The number of halogens is 1. The predicted octanol–water partition coefficient (Wildman–Crippen LogP) is 1.61. The summed E-state index contributed by atoms with van der Waals surface area (Å²) in [6.45, 7) is 1.37. The number of thiophene rings is 1. The quantitative estimate of drug-likeness (QED) is 0.795. The standard InChI is InChI=1S/C16H19N3O3S2.ClH/c17-7-8-18-16(20)15-14(6-10-23-15)24(21,22)19-9-5-12-3-1-2-4-13(12)11-19;/h1-4,6,10H,5,7-9,11,17H2,(H,18,20);1H. The fourth-order valence-electron chi connectivity index (χ4n) is 2.75. The molecule has 0 radical (unpaired) electrons. The zero-order valence-electron chi connectivity index (χ0n) is 13.5. The van der Waals surface area contributed by atoms with Crippen molar-refractivity contribution < 1.29 is 13.2 Å². The van der Waals surface area contributed by atoms with Crippen LogP contribution in [-0.4, -0.2) is 38.3 Å². The molecular weight excluding hydrogens is 382 g/mol. The molecule has 9 heteroatoms. The van der Waals surface area contributed by atoms with Crippen LogP contribution in [0.1, 0.15) is 20.8 Å². The average molecular weight is 402 g/mol. The van der Waals surface area contributed by atoms with Crippen molar-refractivity contribution in [2.24, 2.45) is 5.73 Å². The number of hydrogen-bond acceptors (Lipinski definition) is 5. The molecule has 6 nitrogen and oxygen atoms in total. The number of sulfonamides is 1. The number of carbonyl (C=O) groups is 1. The lowest BCUT2D eigenvalue weighted by atomic mass is 10.0. The molecule has 1 aromatic heterocycles. The Morgan fingerprint density at radius 1 is 1.24 bits per heavy atom. The van der Waals surface area contributed by atoms with Crippen molar-refractivity contribution in [3.05, 3.63) is 51.7 Å². The zero-order chi connectivity index (χ0) is 17.2. The van der Waals surface area contributed by atoms with Gasteiger partial charge >= 0.3 is 0 Å². The summed E-state index contributed by atoms with van der Waals surface area (Å²) in [5.74, 6) is -0.397. The first-order valence-electron chi connectivity index (χ1n) is 7.66. The van der Waals surface area contributed by atoms with Crippen LogP contribution in [0.4, 0.5) is 0 Å². The van der Waals surface area contributed by atoms with Crippen molar-refractivity contribution in [3.8, 4) is 0 Å². The molecule has 3 rings (SSSR count). The highest BCUT2D eigenvalue weighted by Crippen LogP contribution is 2.29. The molecule has 3 N–H and O–H groups in total. The number of fused-ring (bicyclic) bond motifs is 1. The van der Waals surface area contributed by atoms with E-state index in [1.165, 1.54) is 15.9 Å². The largest absolute Gasteiger partial charge is 0.350 e. The molecule has 25 heavy (non-hydrogen) atoms. The van der Waals surface area contributed by atoms with Crippen LogP contribution in [-0.2, 0) is 23.0 Å². The number of hydrogen-bond donors (Lipinski definition) is 2. The molecule has 0 unspecified atom stereocenters. The smallest absolute Gasteiger partial charge is 0.262 e. The van der Waals surface area contributed by atoms with Crippen LogP contribution >= 0.6 is 23.7 Å². The molecule has 1 aliphatic rings. The van der Waals surface area contributed by atoms with E-state index in [-0.39, 0.29) is 22.2 Å². The van der Waals surface area contributed by atoms with Crippen LogP contribution in [0.5, 0.6) is 0 Å². The van der Waals surface area contributed by atoms with Crippen molar-refractivity contribution in [1.82, 2.24) is 9.62 Å². The van der Waals surface area contributed by atoms with Crippen molar-refractivity contribution >= 4 is 39.7 Å². The van der Waals surface area contributed by atoms with Crippen molar-refractivity contribution in [1.29, 1.82) is 0 Å². The Morgan fingerprint density at radius 3 is 2.68 bits per heavy atom. The summed E-state index contributed by atoms with van der Waals surface area (Å²) in [7, 11) is -3.71. The first-order chi connectivity index (χ1) is 11.5. The van der Waals surface area contributed by atoms with E-state index in [2.05, 4.69) is 5.32 Å². The summed E-state index contributed by atoms with van der Waals surface area (Å²) < 4.78 is 27.4. The predicted molar refractivity (Wildman–Crippen MR) is 101 cm³/mol. The molecule has 136 valence electrons. The molecule has 2 heterocycles. The van der Waals surface area contributed by atoms with Gasteiger partial charge in [-0.2, -0.15) is 4.31 Å². The van der Waals surface area contributed by atoms with E-state index in [9.17, 15) is 13.2 Å². The third kappa shape index (κ3) is 4.04. The van der Waals surface area contributed by atoms with Crippen LogP contribution < -0.4 is 11.1 Å². The Balaban J connectivity index is 0.00000225. The summed E-state index contributed by atoms with van der Waals surface area (Å²) in [6.07, 6.45) is 0.675. The van der Waals surface area contributed by atoms with E-state index in [0.717, 1.165) is 16.9 Å². The molecule has 0 bridgehead atoms. The molecule has 2 aromatic rings. The Morgan fingerprint density at radius 2 is 1.96 bits per heavy atom. The highest BCUT2D eigenvalue weighted by Gasteiger charge is 2.32. The van der Waals surface area contributed by atoms with Crippen molar-refractivity contribution in [2.75, 3.05) is 19.6 Å². The highest BCUT2D eigenvalue weighted by molar-refractivity contribution is 7.89. The molecule has 0 aliphatic carbocycles. The molecule has 0 fully saturated rings. The number of benzene rings is 1. The SMILES string of the molecule is Cl.NCCNC(=O)c1sccc1S(=O)(=O)N1CCc2ccccc2C1. The third-order valence-electron chi connectivity index (χ3n) is 3.98. The van der Waals surface area contributed by atoms with Gasteiger partial charge < -0.3 is 11.1 Å². The summed E-state index contributed by atoms with van der Waals surface area (Å²) in [5, 5.41) is 4.26. The highest BCUT2D eigenvalue weighted by atomic mass is 35.5. The molecular formula is C16H20ClN3O3S2. The molecule has 1 aromatic carbocycles. The fraction of sp³-hybridized carbons (Fsp3) is 0.312. The lowest BCUT2D eigenvalue weighted by Gasteiger charge is -2.28. The van der Waals surface area contributed by atoms with E-state index < -0.39 is 15.9 Å². The number of rotatable bonds is 5. The number of nitrogens with two attached hydrogens (primary N) is 1. The van der Waals surface area contributed by atoms with E-state index in [4.69, 9.17) is 5.73 Å². The van der Waals surface area contributed by atoms with Gasteiger partial charge in [-0.3, -0.25) is 4.79 Å². The van der Waals surface area contributed by atoms with Gasteiger partial charge in [-0.15, -0.1) is 23.7 Å². The topological polar surface area (TPSA) is 92.5 Å². The molecule has 0 saturated heterocycles. The molecule has 0 spiro atoms. The van der Waals surface area contributed by atoms with Gasteiger partial charge in [0.05, 0.1) is 0 Å². The molecule has 0 atom stereocenters. The minimum absolute atomic E-state index is 0. The van der Waals surface area contributed by atoms with Gasteiger partial charge in [0.15, 0.2) is 0 Å². The first-order valence-corrected chi connectivity index (χ1v) is 9.98. The number of carbonyl (C=O) groups excluding carboxylic acids is 1. The molecule has 0 saturated carbocycles. The van der Waals surface area contributed by atoms with Crippen LogP contribution in [0.25, 0.3) is 0 Å². The minimum atomic E-state index is -3.71. The Labute approximate surface area is 157 Å². The van der Waals surface area contributed by atoms with Crippen LogP contribution in [0.3, 0.4) is 0 Å². The maximum atomic E-state index is 13.0. The monoisotopic (exact) mass is 401 g/mol. The van der Waals surface area contributed by atoms with Gasteiger partial charge in [0.2, 0.25) is 10.0 Å². The molecule has 1 aliphatic heterocycles. The van der Waals surface area contributed by atoms with E-state index >= 15 is 0 Å². The van der Waals surface area contributed by atoms with Crippen LogP contribution in [0.2, 0.25) is 0 Å². The van der Waals surface area contributed by atoms with Gasteiger partial charge in [-0.05, 0) is 29.0 Å². The third-order valence-corrected chi connectivity index (χ3v) is 6.91. The van der Waals surface area contributed by atoms with Gasteiger partial charge in [0, 0.05) is 26.2 Å². The summed E-state index contributed by atoms with van der Waals surface area (Å²) in [4.78, 5) is 12.5. The summed E-state index contributed by atoms with van der Waals surface area (Å²) in [5.41, 5.74) is 7.57. The second-order valence-electron chi connectivity index (χ2n) is 5.52. The van der Waals surface area contributed by atoms with Gasteiger partial charge in [-0.25, -0.2) is 8.42 Å². The number of amides is 1. The second kappa shape index (κ2) is 8.29. The number of nitrogens with one attached hydrogen (secondary N) is 1. The second-order valence-corrected chi connectivity index (χ2v) is 8.34. The van der Waals surface area contributed by atoms with Crippen molar-refractivity contribution in [2.45, 2.75) is 17.9 Å². The normalized spacial score (nSPS) is 14.4. The Bertz CT molecular complexity index is 852. The molecule has 1 amide bonds. The van der Waals surface area contributed by atoms with E-state index in [0.29, 0.717) is 32.6 Å². The Hall–Kier alpha value is -1.45. The lowest BCUT2D eigenvalue weighted by Crippen LogP contribution is -2.37. The maximum Gasteiger partial charge on any atom is 0.262 e. The van der Waals surface area contributed by atoms with E-state index in [1.807, 2.05) is 24.3 Å². The average Bonchev–Trinajstić information content (AvgIpc) is 3.10. The Kier molecular flexibility index (Phi) is 6.59. The summed E-state index contributed by atoms with van der Waals surface area (Å²) >= 11 is 1.13. The lowest BCUT2D eigenvalue weighted by molar-refractivity contribution is 0.0955. The minimum Gasteiger partial charge on any atom is -0.350 e. The van der Waals surface area contributed by atoms with E-state index in [1.54, 1.807) is 5.38 Å². The van der Waals surface area contributed by atoms with Gasteiger partial charge in [0.1, 0.15) is 9.77 Å². The number of nitrogens with zero attached hydrogens (tertiary/aromatic N) is 1. The van der Waals surface area contributed by atoms with Crippen molar-refractivity contribution in [3.63, 3.8) is 0 Å².